The second kappa shape index (κ2) is 6.36. The molecule has 0 fully saturated rings. The maximum absolute atomic E-state index is 11.9. The molecule has 0 bridgehead atoms. The largest absolute Gasteiger partial charge is 0.481 e. The van der Waals surface area contributed by atoms with Crippen LogP contribution < -0.4 is 0 Å². The Bertz CT molecular complexity index is 305. The van der Waals surface area contributed by atoms with Gasteiger partial charge < -0.3 is 5.11 Å². The molecule has 0 saturated carbocycles. The Kier molecular flexibility index (Phi) is 7.45. The zero-order valence-corrected chi connectivity index (χ0v) is 12.7. The van der Waals surface area contributed by atoms with Gasteiger partial charge in [0.25, 0.3) is 0 Å². The van der Waals surface area contributed by atoms with Crippen LogP contribution in [0.1, 0.15) is 41.0 Å². The van der Waals surface area contributed by atoms with Gasteiger partial charge in [0.05, 0.1) is 5.41 Å². The first kappa shape index (κ1) is 18.8. The summed E-state index contributed by atoms with van der Waals surface area (Å²) >= 11 is 0. The predicted octanol–water partition coefficient (Wildman–Crippen LogP) is 1.67. The summed E-state index contributed by atoms with van der Waals surface area (Å²) in [6.45, 7) is 7.26. The molecule has 0 aromatic carbocycles. The van der Waals surface area contributed by atoms with E-state index in [1.807, 2.05) is 0 Å². The van der Waals surface area contributed by atoms with Crippen LogP contribution in [0.2, 0.25) is 0 Å². The fraction of sp³-hybridized carbons (Fsp3) is 0.727. The van der Waals surface area contributed by atoms with E-state index in [4.69, 9.17) is 5.11 Å². The number of carboxylic acid groups (broad SMARTS) is 1. The zero-order chi connectivity index (χ0) is 12.4. The average molecular weight is 366 g/mol. The number of Topliss-reactive ketones (excluding diaryl/α,β-unsaturated/α-hetero) is 2. The van der Waals surface area contributed by atoms with Crippen molar-refractivity contribution in [2.75, 3.05) is 0 Å². The van der Waals surface area contributed by atoms with Crippen molar-refractivity contribution in [2.24, 2.45) is 10.8 Å². The molecule has 0 unspecified atom stereocenters. The molecule has 0 saturated heterocycles. The Labute approximate surface area is 137 Å². The van der Waals surface area contributed by atoms with E-state index in [1.165, 1.54) is 27.7 Å². The van der Waals surface area contributed by atoms with Gasteiger partial charge in [-0.1, -0.05) is 6.92 Å². The average Bonchev–Trinajstić information content (AvgIpc) is 2.14. The van der Waals surface area contributed by atoms with E-state index in [1.54, 1.807) is 6.92 Å². The molecule has 1 radical (unpaired) electrons. The summed E-state index contributed by atoms with van der Waals surface area (Å²) < 4.78 is 0. The van der Waals surface area contributed by atoms with Crippen LogP contribution in [0.4, 0.5) is 0 Å². The van der Waals surface area contributed by atoms with E-state index in [2.05, 4.69) is 0 Å². The van der Waals surface area contributed by atoms with E-state index in [-0.39, 0.29) is 61.6 Å². The summed E-state index contributed by atoms with van der Waals surface area (Å²) in [4.78, 5) is 34.3. The molecule has 5 heteroatoms. The minimum absolute atomic E-state index is 0. The molecule has 0 spiro atoms. The minimum Gasteiger partial charge on any atom is -0.481 e. The summed E-state index contributed by atoms with van der Waals surface area (Å²) in [7, 11) is 0. The van der Waals surface area contributed by atoms with Gasteiger partial charge in [0, 0.05) is 55.8 Å². The van der Waals surface area contributed by atoms with E-state index < -0.39 is 22.6 Å². The quantitative estimate of drug-likeness (QED) is 0.752. The normalized spacial score (nSPS) is 11.6. The molecular formula is C11H18EuO4. The van der Waals surface area contributed by atoms with Crippen LogP contribution in [0.25, 0.3) is 0 Å². The van der Waals surface area contributed by atoms with Gasteiger partial charge in [0.1, 0.15) is 11.2 Å². The van der Waals surface area contributed by atoms with Crippen molar-refractivity contribution in [3.05, 3.63) is 0 Å². The van der Waals surface area contributed by atoms with Crippen LogP contribution in [-0.2, 0) is 14.4 Å². The van der Waals surface area contributed by atoms with E-state index in [9.17, 15) is 14.4 Å². The van der Waals surface area contributed by atoms with Gasteiger partial charge in [-0.05, 0) is 27.7 Å². The SMILES string of the molecule is CCC(=O)C(C)(C)C(=O)C(C)(C)C(=O)O.[Eu]. The Balaban J connectivity index is 0. The Morgan fingerprint density at radius 1 is 1.00 bits per heavy atom. The number of carbonyl (C=O) groups is 3. The van der Waals surface area contributed by atoms with Crippen molar-refractivity contribution in [1.82, 2.24) is 0 Å². The van der Waals surface area contributed by atoms with Gasteiger partial charge in [-0.15, -0.1) is 0 Å². The molecule has 0 aliphatic carbocycles. The number of ketones is 2. The molecule has 0 rings (SSSR count). The Morgan fingerprint density at radius 3 is 1.62 bits per heavy atom. The fourth-order valence-corrected chi connectivity index (χ4v) is 1.45. The summed E-state index contributed by atoms with van der Waals surface area (Å²) in [5, 5.41) is 8.90. The second-order valence-electron chi connectivity index (χ2n) is 4.66. The zero-order valence-electron chi connectivity index (χ0n) is 10.3. The Hall–Kier alpha value is 0.394. The van der Waals surface area contributed by atoms with Crippen LogP contribution in [0.5, 0.6) is 0 Å². The van der Waals surface area contributed by atoms with Gasteiger partial charge in [0.15, 0.2) is 5.78 Å². The molecule has 0 aromatic rings. The molecule has 16 heavy (non-hydrogen) atoms. The molecule has 1 N–H and O–H groups in total. The van der Waals surface area contributed by atoms with Gasteiger partial charge in [-0.3, -0.25) is 14.4 Å². The molecule has 4 nitrogen and oxygen atoms in total. The number of aliphatic carboxylic acids is 1. The monoisotopic (exact) mass is 367 g/mol. The van der Waals surface area contributed by atoms with Crippen molar-refractivity contribution in [1.29, 1.82) is 0 Å². The molecule has 0 aliphatic heterocycles. The smallest absolute Gasteiger partial charge is 0.316 e. The van der Waals surface area contributed by atoms with E-state index in [0.29, 0.717) is 0 Å². The predicted molar refractivity (Wildman–Crippen MR) is 55.5 cm³/mol. The first-order chi connectivity index (χ1) is 6.58. The molecule has 0 amide bonds. The third-order valence-electron chi connectivity index (χ3n) is 2.69. The fourth-order valence-electron chi connectivity index (χ4n) is 1.45. The number of carbonyl (C=O) groups excluding carboxylic acids is 2. The van der Waals surface area contributed by atoms with Gasteiger partial charge in [-0.2, -0.15) is 0 Å². The van der Waals surface area contributed by atoms with Gasteiger partial charge in [0.2, 0.25) is 0 Å². The molecule has 0 atom stereocenters. The van der Waals surface area contributed by atoms with Crippen molar-refractivity contribution >= 4 is 17.5 Å². The molecule has 0 aliphatic rings. The van der Waals surface area contributed by atoms with Crippen molar-refractivity contribution in [3.63, 3.8) is 0 Å². The first-order valence-electron chi connectivity index (χ1n) is 4.90. The van der Waals surface area contributed by atoms with Crippen molar-refractivity contribution in [2.45, 2.75) is 41.0 Å². The maximum atomic E-state index is 11.9. The topological polar surface area (TPSA) is 71.4 Å². The van der Waals surface area contributed by atoms with E-state index in [0.717, 1.165) is 0 Å². The van der Waals surface area contributed by atoms with Crippen LogP contribution in [0.3, 0.4) is 0 Å². The van der Waals surface area contributed by atoms with E-state index >= 15 is 0 Å². The molecular weight excluding hydrogens is 348 g/mol. The summed E-state index contributed by atoms with van der Waals surface area (Å²) in [5.41, 5.74) is -2.75. The second-order valence-corrected chi connectivity index (χ2v) is 4.66. The molecule has 0 heterocycles. The summed E-state index contributed by atoms with van der Waals surface area (Å²) in [6.07, 6.45) is 0.231. The van der Waals surface area contributed by atoms with Crippen LogP contribution in [0, 0.1) is 60.2 Å². The Morgan fingerprint density at radius 2 is 1.38 bits per heavy atom. The maximum Gasteiger partial charge on any atom is 0.316 e. The standard InChI is InChI=1S/C11H18O4.Eu/c1-6-7(12)10(2,3)8(13)11(4,5)9(14)15;/h6H2,1-5H3,(H,14,15);. The van der Waals surface area contributed by atoms with Crippen LogP contribution >= 0.6 is 0 Å². The summed E-state index contributed by atoms with van der Waals surface area (Å²) in [6, 6.07) is 0. The number of hydrogen-bond acceptors (Lipinski definition) is 3. The summed E-state index contributed by atoms with van der Waals surface area (Å²) in [5.74, 6) is -1.99. The van der Waals surface area contributed by atoms with Crippen molar-refractivity contribution in [3.8, 4) is 0 Å². The number of rotatable bonds is 5. The number of carboxylic acids is 1. The van der Waals surface area contributed by atoms with Crippen LogP contribution in [-0.4, -0.2) is 22.6 Å². The van der Waals surface area contributed by atoms with Gasteiger partial charge >= 0.3 is 5.97 Å². The number of hydrogen-bond donors (Lipinski definition) is 1. The minimum atomic E-state index is -1.52. The van der Waals surface area contributed by atoms with Crippen molar-refractivity contribution < 1.29 is 68.9 Å². The molecule has 0 aromatic heterocycles. The molecule has 93 valence electrons. The van der Waals surface area contributed by atoms with Crippen LogP contribution in [0.15, 0.2) is 0 Å². The van der Waals surface area contributed by atoms with Gasteiger partial charge in [-0.25, -0.2) is 0 Å². The third kappa shape index (κ3) is 3.71. The first-order valence-corrected chi connectivity index (χ1v) is 4.90. The third-order valence-corrected chi connectivity index (χ3v) is 2.69.